The molecule has 0 saturated heterocycles. The Hall–Kier alpha value is -1.39. The number of methoxy groups -OCH3 is 1. The SMILES string of the molecule is COc1ccc(Br)c(CC(CO)c2cccc(F)c2)c1. The van der Waals surface area contributed by atoms with Gasteiger partial charge in [0.15, 0.2) is 0 Å². The van der Waals surface area contributed by atoms with Crippen LogP contribution in [0.3, 0.4) is 0 Å². The minimum absolute atomic E-state index is 0.0346. The molecule has 4 heteroatoms. The van der Waals surface area contributed by atoms with Crippen LogP contribution in [0, 0.1) is 5.82 Å². The van der Waals surface area contributed by atoms with E-state index >= 15 is 0 Å². The van der Waals surface area contributed by atoms with Gasteiger partial charge in [0.25, 0.3) is 0 Å². The fraction of sp³-hybridized carbons (Fsp3) is 0.250. The van der Waals surface area contributed by atoms with E-state index in [9.17, 15) is 9.50 Å². The van der Waals surface area contributed by atoms with Gasteiger partial charge < -0.3 is 9.84 Å². The van der Waals surface area contributed by atoms with Crippen LogP contribution in [-0.2, 0) is 6.42 Å². The Labute approximate surface area is 126 Å². The van der Waals surface area contributed by atoms with Crippen LogP contribution in [0.15, 0.2) is 46.9 Å². The normalized spacial score (nSPS) is 12.2. The fourth-order valence-corrected chi connectivity index (χ4v) is 2.56. The van der Waals surface area contributed by atoms with E-state index in [-0.39, 0.29) is 18.3 Å². The van der Waals surface area contributed by atoms with Crippen LogP contribution in [0.4, 0.5) is 4.39 Å². The van der Waals surface area contributed by atoms with Crippen LogP contribution < -0.4 is 4.74 Å². The summed E-state index contributed by atoms with van der Waals surface area (Å²) in [5, 5.41) is 9.58. The van der Waals surface area contributed by atoms with E-state index in [1.165, 1.54) is 12.1 Å². The summed E-state index contributed by atoms with van der Waals surface area (Å²) >= 11 is 3.49. The Morgan fingerprint density at radius 1 is 1.25 bits per heavy atom. The third kappa shape index (κ3) is 3.58. The highest BCUT2D eigenvalue weighted by Gasteiger charge is 2.14. The van der Waals surface area contributed by atoms with Crippen molar-refractivity contribution in [2.75, 3.05) is 13.7 Å². The van der Waals surface area contributed by atoms with Crippen LogP contribution >= 0.6 is 15.9 Å². The molecule has 0 aromatic heterocycles. The molecule has 0 aliphatic heterocycles. The quantitative estimate of drug-likeness (QED) is 0.895. The first-order chi connectivity index (χ1) is 9.63. The van der Waals surface area contributed by atoms with Crippen molar-refractivity contribution in [3.05, 3.63) is 63.9 Å². The van der Waals surface area contributed by atoms with E-state index in [0.29, 0.717) is 6.42 Å². The predicted molar refractivity (Wildman–Crippen MR) is 80.6 cm³/mol. The van der Waals surface area contributed by atoms with Crippen molar-refractivity contribution in [3.63, 3.8) is 0 Å². The number of aliphatic hydroxyl groups excluding tert-OH is 1. The van der Waals surface area contributed by atoms with Crippen LogP contribution in [0.2, 0.25) is 0 Å². The van der Waals surface area contributed by atoms with Crippen LogP contribution in [0.1, 0.15) is 17.0 Å². The molecule has 1 unspecified atom stereocenters. The van der Waals surface area contributed by atoms with Gasteiger partial charge in [-0.05, 0) is 47.9 Å². The first-order valence-electron chi connectivity index (χ1n) is 6.32. The smallest absolute Gasteiger partial charge is 0.123 e. The molecule has 0 fully saturated rings. The van der Waals surface area contributed by atoms with Crippen molar-refractivity contribution in [2.24, 2.45) is 0 Å². The summed E-state index contributed by atoms with van der Waals surface area (Å²) in [5.74, 6) is 0.332. The average Bonchev–Trinajstić information content (AvgIpc) is 2.46. The third-order valence-electron chi connectivity index (χ3n) is 3.26. The molecular formula is C16H16BrFO2. The lowest BCUT2D eigenvalue weighted by atomic mass is 9.92. The summed E-state index contributed by atoms with van der Waals surface area (Å²) in [6.07, 6.45) is 0.609. The van der Waals surface area contributed by atoms with E-state index in [1.807, 2.05) is 24.3 Å². The monoisotopic (exact) mass is 338 g/mol. The van der Waals surface area contributed by atoms with Gasteiger partial charge in [0.2, 0.25) is 0 Å². The molecule has 0 saturated carbocycles. The topological polar surface area (TPSA) is 29.5 Å². The molecule has 0 amide bonds. The van der Waals surface area contributed by atoms with Gasteiger partial charge >= 0.3 is 0 Å². The molecule has 0 aliphatic carbocycles. The van der Waals surface area contributed by atoms with Gasteiger partial charge in [-0.1, -0.05) is 28.1 Å². The molecule has 0 spiro atoms. The summed E-state index contributed by atoms with van der Waals surface area (Å²) in [7, 11) is 1.61. The first kappa shape index (κ1) is 15.0. The minimum Gasteiger partial charge on any atom is -0.497 e. The zero-order valence-corrected chi connectivity index (χ0v) is 12.7. The average molecular weight is 339 g/mol. The van der Waals surface area contributed by atoms with Crippen molar-refractivity contribution in [1.82, 2.24) is 0 Å². The van der Waals surface area contributed by atoms with Gasteiger partial charge in [0.05, 0.1) is 13.7 Å². The van der Waals surface area contributed by atoms with Gasteiger partial charge in [0, 0.05) is 10.4 Å². The maximum absolute atomic E-state index is 13.3. The maximum atomic E-state index is 13.3. The van der Waals surface area contributed by atoms with Crippen LogP contribution in [-0.4, -0.2) is 18.8 Å². The van der Waals surface area contributed by atoms with Crippen molar-refractivity contribution in [1.29, 1.82) is 0 Å². The van der Waals surface area contributed by atoms with E-state index in [2.05, 4.69) is 15.9 Å². The zero-order chi connectivity index (χ0) is 14.5. The van der Waals surface area contributed by atoms with Crippen molar-refractivity contribution >= 4 is 15.9 Å². The van der Waals surface area contributed by atoms with Gasteiger partial charge in [-0.25, -0.2) is 4.39 Å². The van der Waals surface area contributed by atoms with Gasteiger partial charge in [-0.2, -0.15) is 0 Å². The number of hydrogen-bond donors (Lipinski definition) is 1. The van der Waals surface area contributed by atoms with E-state index in [4.69, 9.17) is 4.74 Å². The van der Waals surface area contributed by atoms with Crippen LogP contribution in [0.5, 0.6) is 5.75 Å². The zero-order valence-electron chi connectivity index (χ0n) is 11.1. The molecule has 20 heavy (non-hydrogen) atoms. The molecule has 106 valence electrons. The Balaban J connectivity index is 2.26. The summed E-state index contributed by atoms with van der Waals surface area (Å²) in [5.41, 5.74) is 1.81. The Morgan fingerprint density at radius 2 is 2.05 bits per heavy atom. The molecule has 0 aliphatic rings. The van der Waals surface area contributed by atoms with Crippen molar-refractivity contribution in [2.45, 2.75) is 12.3 Å². The molecule has 0 bridgehead atoms. The summed E-state index contributed by atoms with van der Waals surface area (Å²) in [4.78, 5) is 0. The molecular weight excluding hydrogens is 323 g/mol. The van der Waals surface area contributed by atoms with E-state index in [0.717, 1.165) is 21.3 Å². The molecule has 1 N–H and O–H groups in total. The predicted octanol–water partition coefficient (Wildman–Crippen LogP) is 3.92. The summed E-state index contributed by atoms with van der Waals surface area (Å²) in [6.45, 7) is -0.0346. The molecule has 2 nitrogen and oxygen atoms in total. The second kappa shape index (κ2) is 6.86. The highest BCUT2D eigenvalue weighted by molar-refractivity contribution is 9.10. The lowest BCUT2D eigenvalue weighted by Gasteiger charge is -2.16. The minimum atomic E-state index is -0.286. The number of benzene rings is 2. The molecule has 0 radical (unpaired) electrons. The van der Waals surface area contributed by atoms with Crippen molar-refractivity contribution in [3.8, 4) is 5.75 Å². The van der Waals surface area contributed by atoms with E-state index < -0.39 is 0 Å². The highest BCUT2D eigenvalue weighted by atomic mass is 79.9. The maximum Gasteiger partial charge on any atom is 0.123 e. The number of ether oxygens (including phenoxy) is 1. The molecule has 2 aromatic rings. The largest absolute Gasteiger partial charge is 0.497 e. The second-order valence-electron chi connectivity index (χ2n) is 4.60. The number of aliphatic hydroxyl groups is 1. The Kier molecular flexibility index (Phi) is 5.15. The highest BCUT2D eigenvalue weighted by Crippen LogP contribution is 2.28. The number of rotatable bonds is 5. The first-order valence-corrected chi connectivity index (χ1v) is 7.12. The standard InChI is InChI=1S/C16H16BrFO2/c1-20-15-5-6-16(17)12(9-15)7-13(10-19)11-3-2-4-14(18)8-11/h2-6,8-9,13,19H,7,10H2,1H3. The third-order valence-corrected chi connectivity index (χ3v) is 4.03. The van der Waals surface area contributed by atoms with E-state index in [1.54, 1.807) is 13.2 Å². The molecule has 2 rings (SSSR count). The Morgan fingerprint density at radius 3 is 2.70 bits per heavy atom. The summed E-state index contributed by atoms with van der Waals surface area (Å²) in [6, 6.07) is 12.1. The van der Waals surface area contributed by atoms with Crippen LogP contribution in [0.25, 0.3) is 0 Å². The Bertz CT molecular complexity index is 586. The molecule has 1 atom stereocenters. The molecule has 0 heterocycles. The fourth-order valence-electron chi connectivity index (χ4n) is 2.15. The molecule has 2 aromatic carbocycles. The van der Waals surface area contributed by atoms with Crippen molar-refractivity contribution < 1.29 is 14.2 Å². The lowest BCUT2D eigenvalue weighted by molar-refractivity contribution is 0.264. The number of hydrogen-bond acceptors (Lipinski definition) is 2. The van der Waals surface area contributed by atoms with Gasteiger partial charge in [-0.3, -0.25) is 0 Å². The lowest BCUT2D eigenvalue weighted by Crippen LogP contribution is -2.08. The second-order valence-corrected chi connectivity index (χ2v) is 5.45. The number of halogens is 2. The van der Waals surface area contributed by atoms with Gasteiger partial charge in [-0.15, -0.1) is 0 Å². The van der Waals surface area contributed by atoms with Gasteiger partial charge in [0.1, 0.15) is 11.6 Å². The summed E-state index contributed by atoms with van der Waals surface area (Å²) < 4.78 is 19.4.